The summed E-state index contributed by atoms with van der Waals surface area (Å²) in [5.74, 6) is 1.87. The molecule has 2 fully saturated rings. The minimum Gasteiger partial charge on any atom is -0.467 e. The van der Waals surface area contributed by atoms with Crippen molar-refractivity contribution < 1.29 is 18.6 Å². The molecule has 0 bridgehead atoms. The van der Waals surface area contributed by atoms with Crippen molar-refractivity contribution in [1.29, 1.82) is 0 Å². The molecule has 3 heterocycles. The predicted octanol–water partition coefficient (Wildman–Crippen LogP) is 3.20. The van der Waals surface area contributed by atoms with E-state index >= 15 is 0 Å². The van der Waals surface area contributed by atoms with Gasteiger partial charge in [0.2, 0.25) is 0 Å². The largest absolute Gasteiger partial charge is 0.467 e. The zero-order valence-corrected chi connectivity index (χ0v) is 17.8. The molecule has 0 aliphatic carbocycles. The number of aliphatic imine (C=N–C) groups is 1. The van der Waals surface area contributed by atoms with Crippen LogP contribution in [0, 0.1) is 0 Å². The fourth-order valence-corrected chi connectivity index (χ4v) is 3.76. The molecule has 0 aromatic carbocycles. The Morgan fingerprint density at radius 1 is 1.28 bits per heavy atom. The molecule has 0 amide bonds. The Hall–Kier alpha value is -1.57. The lowest BCUT2D eigenvalue weighted by Crippen LogP contribution is -2.47. The molecule has 1 atom stereocenters. The summed E-state index contributed by atoms with van der Waals surface area (Å²) >= 11 is 0. The van der Waals surface area contributed by atoms with Gasteiger partial charge in [-0.05, 0) is 57.6 Å². The molecule has 164 valence electrons. The number of nitrogens with zero attached hydrogens (tertiary/aromatic N) is 2. The number of furan rings is 1. The Labute approximate surface area is 174 Å². The lowest BCUT2D eigenvalue weighted by atomic mass is 10.1. The Kier molecular flexibility index (Phi) is 9.82. The molecule has 2 aliphatic rings. The second-order valence-corrected chi connectivity index (χ2v) is 7.73. The molecular weight excluding hydrogens is 370 g/mol. The van der Waals surface area contributed by atoms with Crippen LogP contribution in [0.25, 0.3) is 0 Å². The summed E-state index contributed by atoms with van der Waals surface area (Å²) < 4.78 is 22.8. The van der Waals surface area contributed by atoms with Crippen molar-refractivity contribution in [3.63, 3.8) is 0 Å². The van der Waals surface area contributed by atoms with E-state index < -0.39 is 0 Å². The van der Waals surface area contributed by atoms with E-state index in [9.17, 15) is 0 Å². The first kappa shape index (κ1) is 22.1. The second-order valence-electron chi connectivity index (χ2n) is 7.73. The van der Waals surface area contributed by atoms with Crippen LogP contribution in [0.1, 0.15) is 51.2 Å². The molecule has 7 nitrogen and oxygen atoms in total. The summed E-state index contributed by atoms with van der Waals surface area (Å²) in [6.07, 6.45) is 8.90. The van der Waals surface area contributed by atoms with Crippen molar-refractivity contribution in [2.75, 3.05) is 46.0 Å². The molecule has 1 N–H and O–H groups in total. The number of guanidine groups is 1. The standard InChI is InChI=1S/C22H37N3O4/c1-2-23-22(24-11-6-14-26-17-20-8-5-16-28-20)25-12-9-19(10-13-25)29-18-21-7-3-4-15-27-21/h5,8,16,19,21H,2-4,6-7,9-15,17-18H2,1H3,(H,23,24). The van der Waals surface area contributed by atoms with Gasteiger partial charge in [0.15, 0.2) is 5.96 Å². The number of likely N-dealkylation sites (tertiary alicyclic amines) is 1. The first-order chi connectivity index (χ1) is 14.3. The van der Waals surface area contributed by atoms with E-state index in [2.05, 4.69) is 17.1 Å². The van der Waals surface area contributed by atoms with E-state index in [0.717, 1.165) is 76.8 Å². The molecule has 0 saturated carbocycles. The van der Waals surface area contributed by atoms with E-state index in [1.807, 2.05) is 12.1 Å². The topological polar surface area (TPSA) is 68.5 Å². The zero-order chi connectivity index (χ0) is 20.2. The number of hydrogen-bond acceptors (Lipinski definition) is 5. The maximum absolute atomic E-state index is 6.13. The second kappa shape index (κ2) is 12.9. The Balaban J connectivity index is 1.31. The van der Waals surface area contributed by atoms with Crippen molar-refractivity contribution in [3.05, 3.63) is 24.2 Å². The van der Waals surface area contributed by atoms with Gasteiger partial charge in [-0.15, -0.1) is 0 Å². The maximum atomic E-state index is 6.13. The molecule has 7 heteroatoms. The number of ether oxygens (including phenoxy) is 3. The molecule has 1 aromatic heterocycles. The van der Waals surface area contributed by atoms with E-state index in [1.165, 1.54) is 12.8 Å². The Morgan fingerprint density at radius 3 is 2.90 bits per heavy atom. The van der Waals surface area contributed by atoms with Crippen LogP contribution >= 0.6 is 0 Å². The monoisotopic (exact) mass is 407 g/mol. The van der Waals surface area contributed by atoms with Crippen LogP contribution in [0.2, 0.25) is 0 Å². The summed E-state index contributed by atoms with van der Waals surface area (Å²) in [5, 5.41) is 3.42. The number of nitrogens with one attached hydrogen (secondary N) is 1. The van der Waals surface area contributed by atoms with Gasteiger partial charge in [0.1, 0.15) is 12.4 Å². The number of rotatable bonds is 10. The SMILES string of the molecule is CCNC(=NCCCOCc1ccco1)N1CCC(OCC2CCCCO2)CC1. The van der Waals surface area contributed by atoms with Crippen LogP contribution in [0.15, 0.2) is 27.8 Å². The molecule has 29 heavy (non-hydrogen) atoms. The highest BCUT2D eigenvalue weighted by atomic mass is 16.5. The van der Waals surface area contributed by atoms with Crippen LogP contribution in [0.4, 0.5) is 0 Å². The van der Waals surface area contributed by atoms with E-state index in [-0.39, 0.29) is 0 Å². The molecule has 0 spiro atoms. The quantitative estimate of drug-likeness (QED) is 0.365. The summed E-state index contributed by atoms with van der Waals surface area (Å²) in [7, 11) is 0. The highest BCUT2D eigenvalue weighted by Gasteiger charge is 2.23. The van der Waals surface area contributed by atoms with Crippen molar-refractivity contribution in [3.8, 4) is 0 Å². The van der Waals surface area contributed by atoms with Gasteiger partial charge in [0, 0.05) is 39.4 Å². The third-order valence-corrected chi connectivity index (χ3v) is 5.40. The predicted molar refractivity (Wildman–Crippen MR) is 113 cm³/mol. The minimum absolute atomic E-state index is 0.302. The van der Waals surface area contributed by atoms with Gasteiger partial charge >= 0.3 is 0 Å². The minimum atomic E-state index is 0.302. The van der Waals surface area contributed by atoms with Crippen LogP contribution in [-0.2, 0) is 20.8 Å². The van der Waals surface area contributed by atoms with E-state index in [4.69, 9.17) is 23.6 Å². The number of piperidine rings is 1. The van der Waals surface area contributed by atoms with Gasteiger partial charge in [-0.25, -0.2) is 0 Å². The lowest BCUT2D eigenvalue weighted by Gasteiger charge is -2.35. The fourth-order valence-electron chi connectivity index (χ4n) is 3.76. The normalized spacial score (nSPS) is 21.5. The maximum Gasteiger partial charge on any atom is 0.193 e. The third-order valence-electron chi connectivity index (χ3n) is 5.40. The first-order valence-corrected chi connectivity index (χ1v) is 11.2. The molecule has 0 radical (unpaired) electrons. The van der Waals surface area contributed by atoms with Crippen LogP contribution in [-0.4, -0.2) is 69.1 Å². The molecular formula is C22H37N3O4. The van der Waals surface area contributed by atoms with Gasteiger partial charge in [-0.1, -0.05) is 0 Å². The Morgan fingerprint density at radius 2 is 2.17 bits per heavy atom. The van der Waals surface area contributed by atoms with E-state index in [1.54, 1.807) is 6.26 Å². The van der Waals surface area contributed by atoms with Crippen molar-refractivity contribution in [2.24, 2.45) is 4.99 Å². The Bertz CT molecular complexity index is 565. The number of hydrogen-bond donors (Lipinski definition) is 1. The average molecular weight is 408 g/mol. The van der Waals surface area contributed by atoms with Gasteiger partial charge in [-0.3, -0.25) is 4.99 Å². The van der Waals surface area contributed by atoms with Gasteiger partial charge in [0.25, 0.3) is 0 Å². The van der Waals surface area contributed by atoms with Crippen LogP contribution in [0.3, 0.4) is 0 Å². The summed E-state index contributed by atoms with van der Waals surface area (Å²) in [6, 6.07) is 3.81. The van der Waals surface area contributed by atoms with Crippen LogP contribution < -0.4 is 5.32 Å². The summed E-state index contributed by atoms with van der Waals surface area (Å²) in [5.41, 5.74) is 0. The molecule has 1 aromatic rings. The highest BCUT2D eigenvalue weighted by molar-refractivity contribution is 5.80. The van der Waals surface area contributed by atoms with Gasteiger partial charge in [-0.2, -0.15) is 0 Å². The van der Waals surface area contributed by atoms with Crippen LogP contribution in [0.5, 0.6) is 0 Å². The van der Waals surface area contributed by atoms with E-state index in [0.29, 0.717) is 25.4 Å². The zero-order valence-electron chi connectivity index (χ0n) is 17.8. The summed E-state index contributed by atoms with van der Waals surface area (Å²) in [6.45, 7) is 8.56. The van der Waals surface area contributed by atoms with Crippen molar-refractivity contribution in [1.82, 2.24) is 10.2 Å². The highest BCUT2D eigenvalue weighted by Crippen LogP contribution is 2.18. The molecule has 3 rings (SSSR count). The third kappa shape index (κ3) is 7.99. The van der Waals surface area contributed by atoms with Crippen molar-refractivity contribution in [2.45, 2.75) is 64.3 Å². The lowest BCUT2D eigenvalue weighted by molar-refractivity contribution is -0.0721. The fraction of sp³-hybridized carbons (Fsp3) is 0.773. The van der Waals surface area contributed by atoms with Gasteiger partial charge in [0.05, 0.1) is 25.1 Å². The first-order valence-electron chi connectivity index (χ1n) is 11.2. The molecule has 2 aliphatic heterocycles. The molecule has 2 saturated heterocycles. The summed E-state index contributed by atoms with van der Waals surface area (Å²) in [4.78, 5) is 7.13. The van der Waals surface area contributed by atoms with Gasteiger partial charge < -0.3 is 28.8 Å². The smallest absolute Gasteiger partial charge is 0.193 e. The average Bonchev–Trinajstić information content (AvgIpc) is 3.29. The van der Waals surface area contributed by atoms with Crippen molar-refractivity contribution >= 4 is 5.96 Å². The molecule has 1 unspecified atom stereocenters.